The van der Waals surface area contributed by atoms with Crippen molar-refractivity contribution in [3.8, 4) is 0 Å². The first kappa shape index (κ1) is 14.3. The van der Waals surface area contributed by atoms with Crippen molar-refractivity contribution >= 4 is 23.0 Å². The van der Waals surface area contributed by atoms with Crippen molar-refractivity contribution in [3.05, 3.63) is 80.9 Å². The van der Waals surface area contributed by atoms with Crippen molar-refractivity contribution in [2.24, 2.45) is 5.92 Å². The molecule has 2 aromatic rings. The maximum atomic E-state index is 11.4. The Hall–Kier alpha value is -2.33. The molecule has 0 aromatic heterocycles. The molecule has 3 unspecified atom stereocenters. The lowest BCUT2D eigenvalue weighted by Crippen LogP contribution is -2.29. The highest BCUT2D eigenvalue weighted by Crippen LogP contribution is 2.52. The van der Waals surface area contributed by atoms with Crippen molar-refractivity contribution in [2.75, 3.05) is 5.32 Å². The molecule has 0 amide bonds. The van der Waals surface area contributed by atoms with Crippen LogP contribution in [0.2, 0.25) is 5.02 Å². The third kappa shape index (κ3) is 2.21. The normalized spacial score (nSPS) is 24.7. The highest BCUT2D eigenvalue weighted by molar-refractivity contribution is 6.31. The Morgan fingerprint density at radius 1 is 1.13 bits per heavy atom. The second kappa shape index (κ2) is 5.39. The van der Waals surface area contributed by atoms with Crippen LogP contribution >= 0.6 is 11.6 Å². The molecule has 23 heavy (non-hydrogen) atoms. The highest BCUT2D eigenvalue weighted by atomic mass is 35.5. The number of nitro groups is 1. The van der Waals surface area contributed by atoms with Gasteiger partial charge in [-0.1, -0.05) is 54.1 Å². The minimum absolute atomic E-state index is 0.0303. The van der Waals surface area contributed by atoms with Crippen LogP contribution in [0.1, 0.15) is 29.5 Å². The van der Waals surface area contributed by atoms with Crippen LogP contribution in [0, 0.1) is 16.0 Å². The summed E-state index contributed by atoms with van der Waals surface area (Å²) in [6, 6.07) is 13.0. The van der Waals surface area contributed by atoms with E-state index in [-0.39, 0.29) is 22.6 Å². The molecule has 1 aliphatic carbocycles. The van der Waals surface area contributed by atoms with Gasteiger partial charge < -0.3 is 5.32 Å². The fraction of sp³-hybridized carbons (Fsp3) is 0.222. The van der Waals surface area contributed by atoms with Crippen LogP contribution in [0.3, 0.4) is 0 Å². The van der Waals surface area contributed by atoms with Crippen molar-refractivity contribution in [1.82, 2.24) is 0 Å². The van der Waals surface area contributed by atoms with E-state index in [0.29, 0.717) is 16.6 Å². The molecule has 116 valence electrons. The van der Waals surface area contributed by atoms with E-state index in [9.17, 15) is 10.1 Å². The van der Waals surface area contributed by atoms with Gasteiger partial charge in [0, 0.05) is 17.0 Å². The van der Waals surface area contributed by atoms with E-state index in [1.165, 1.54) is 0 Å². The van der Waals surface area contributed by atoms with E-state index in [4.69, 9.17) is 11.6 Å². The fourth-order valence-electron chi connectivity index (χ4n) is 3.79. The van der Waals surface area contributed by atoms with Crippen LogP contribution in [0.5, 0.6) is 0 Å². The molecule has 1 aliphatic heterocycles. The van der Waals surface area contributed by atoms with Crippen molar-refractivity contribution in [3.63, 3.8) is 0 Å². The summed E-state index contributed by atoms with van der Waals surface area (Å²) in [6.07, 6.45) is 5.27. The molecule has 0 saturated carbocycles. The number of benzene rings is 2. The lowest BCUT2D eigenvalue weighted by atomic mass is 9.77. The quantitative estimate of drug-likeness (QED) is 0.476. The molecule has 0 saturated heterocycles. The van der Waals surface area contributed by atoms with Gasteiger partial charge in [-0.05, 0) is 29.5 Å². The van der Waals surface area contributed by atoms with Crippen LogP contribution in [0.4, 0.5) is 11.4 Å². The average molecular weight is 327 g/mol. The summed E-state index contributed by atoms with van der Waals surface area (Å²) in [4.78, 5) is 11.1. The minimum Gasteiger partial charge on any atom is -0.372 e. The maximum absolute atomic E-state index is 11.4. The first-order valence-corrected chi connectivity index (χ1v) is 7.99. The minimum atomic E-state index is -0.325. The van der Waals surface area contributed by atoms with Crippen molar-refractivity contribution in [1.29, 1.82) is 0 Å². The fourth-order valence-corrected chi connectivity index (χ4v) is 4.05. The molecule has 2 aromatic carbocycles. The van der Waals surface area contributed by atoms with Crippen LogP contribution < -0.4 is 5.32 Å². The molecule has 4 nitrogen and oxygen atoms in total. The maximum Gasteiger partial charge on any atom is 0.292 e. The molecule has 5 heteroatoms. The number of nitrogens with one attached hydrogen (secondary N) is 1. The van der Waals surface area contributed by atoms with Gasteiger partial charge in [0.25, 0.3) is 5.69 Å². The number of fused-ring (bicyclic) bond motifs is 3. The number of allylic oxidation sites excluding steroid dienone is 2. The Kier molecular flexibility index (Phi) is 3.34. The largest absolute Gasteiger partial charge is 0.372 e. The van der Waals surface area contributed by atoms with Gasteiger partial charge in [-0.25, -0.2) is 0 Å². The smallest absolute Gasteiger partial charge is 0.292 e. The highest BCUT2D eigenvalue weighted by Gasteiger charge is 2.40. The molecular formula is C18H15ClN2O2. The Morgan fingerprint density at radius 3 is 2.70 bits per heavy atom. The number of halogens is 1. The van der Waals surface area contributed by atoms with Gasteiger partial charge in [0.05, 0.1) is 11.0 Å². The third-order valence-corrected chi connectivity index (χ3v) is 5.16. The second-order valence-corrected chi connectivity index (χ2v) is 6.40. The summed E-state index contributed by atoms with van der Waals surface area (Å²) in [5.41, 5.74) is 2.74. The first-order chi connectivity index (χ1) is 11.2. The van der Waals surface area contributed by atoms with Gasteiger partial charge in [0.15, 0.2) is 0 Å². The molecule has 0 radical (unpaired) electrons. The third-order valence-electron chi connectivity index (χ3n) is 4.81. The molecule has 0 fully saturated rings. The monoisotopic (exact) mass is 326 g/mol. The molecule has 0 spiro atoms. The van der Waals surface area contributed by atoms with Crippen molar-refractivity contribution in [2.45, 2.75) is 18.4 Å². The van der Waals surface area contributed by atoms with E-state index in [2.05, 4.69) is 17.5 Å². The van der Waals surface area contributed by atoms with Crippen LogP contribution in [-0.4, -0.2) is 4.92 Å². The van der Waals surface area contributed by atoms with Gasteiger partial charge in [-0.2, -0.15) is 0 Å². The lowest BCUT2D eigenvalue weighted by Gasteiger charge is -2.37. The summed E-state index contributed by atoms with van der Waals surface area (Å²) in [7, 11) is 0. The molecule has 4 rings (SSSR count). The standard InChI is InChI=1S/C18H15ClN2O2/c19-15-9-2-1-5-14(15)17-12-7-3-6-11(12)13-8-4-10-16(21(22)23)18(13)20-17/h1-6,8-12,17,20H,7H2. The number of hydrogen-bond acceptors (Lipinski definition) is 3. The average Bonchev–Trinajstić information content (AvgIpc) is 3.04. The number of rotatable bonds is 2. The van der Waals surface area contributed by atoms with E-state index in [0.717, 1.165) is 17.5 Å². The summed E-state index contributed by atoms with van der Waals surface area (Å²) >= 11 is 6.38. The molecule has 1 N–H and O–H groups in total. The van der Waals surface area contributed by atoms with Gasteiger partial charge in [-0.15, -0.1) is 0 Å². The number of hydrogen-bond donors (Lipinski definition) is 1. The lowest BCUT2D eigenvalue weighted by molar-refractivity contribution is -0.384. The van der Waals surface area contributed by atoms with Gasteiger partial charge >= 0.3 is 0 Å². The second-order valence-electron chi connectivity index (χ2n) is 6.00. The molecular weight excluding hydrogens is 312 g/mol. The van der Waals surface area contributed by atoms with Crippen molar-refractivity contribution < 1.29 is 4.92 Å². The first-order valence-electron chi connectivity index (χ1n) is 7.61. The SMILES string of the molecule is O=[N+]([O-])c1cccc2c1NC(c1ccccc1Cl)C1CC=CC21. The number of nitro benzene ring substituents is 1. The molecule has 1 heterocycles. The van der Waals surface area contributed by atoms with Crippen LogP contribution in [0.25, 0.3) is 0 Å². The van der Waals surface area contributed by atoms with E-state index in [1.807, 2.05) is 30.3 Å². The predicted octanol–water partition coefficient (Wildman–Crippen LogP) is 5.07. The summed E-state index contributed by atoms with van der Waals surface area (Å²) < 4.78 is 0. The van der Waals surface area contributed by atoms with Crippen LogP contribution in [0.15, 0.2) is 54.6 Å². The number of nitrogens with zero attached hydrogens (tertiary/aromatic N) is 1. The predicted molar refractivity (Wildman–Crippen MR) is 90.9 cm³/mol. The van der Waals surface area contributed by atoms with Gasteiger partial charge in [0.2, 0.25) is 0 Å². The number of anilines is 1. The summed E-state index contributed by atoms with van der Waals surface area (Å²) in [6.45, 7) is 0. The topological polar surface area (TPSA) is 55.2 Å². The van der Waals surface area contributed by atoms with E-state index in [1.54, 1.807) is 12.1 Å². The summed E-state index contributed by atoms with van der Waals surface area (Å²) in [5, 5.41) is 15.5. The molecule has 0 bridgehead atoms. The molecule has 2 aliphatic rings. The Balaban J connectivity index is 1.87. The number of para-hydroxylation sites is 1. The van der Waals surface area contributed by atoms with E-state index >= 15 is 0 Å². The zero-order chi connectivity index (χ0) is 16.0. The zero-order valence-electron chi connectivity index (χ0n) is 12.3. The van der Waals surface area contributed by atoms with E-state index < -0.39 is 0 Å². The molecule has 3 atom stereocenters. The Morgan fingerprint density at radius 2 is 1.91 bits per heavy atom. The zero-order valence-corrected chi connectivity index (χ0v) is 13.0. The summed E-state index contributed by atoms with van der Waals surface area (Å²) in [5.74, 6) is 0.511. The Bertz CT molecular complexity index is 818. The van der Waals surface area contributed by atoms with Gasteiger partial charge in [0.1, 0.15) is 5.69 Å². The Labute approximate surface area is 138 Å². The van der Waals surface area contributed by atoms with Crippen LogP contribution in [-0.2, 0) is 0 Å². The van der Waals surface area contributed by atoms with Gasteiger partial charge in [-0.3, -0.25) is 10.1 Å².